The third-order valence-electron chi connectivity index (χ3n) is 4.47. The van der Waals surface area contributed by atoms with E-state index in [0.717, 1.165) is 4.88 Å². The van der Waals surface area contributed by atoms with E-state index in [1.165, 1.54) is 31.6 Å². The molecule has 0 fully saturated rings. The van der Waals surface area contributed by atoms with Crippen molar-refractivity contribution in [1.29, 1.82) is 0 Å². The van der Waals surface area contributed by atoms with Gasteiger partial charge in [0.05, 0.1) is 31.2 Å². The Hall–Kier alpha value is -3.37. The van der Waals surface area contributed by atoms with Crippen LogP contribution in [0.4, 0.5) is 5.69 Å². The molecule has 160 valence electrons. The fraction of sp³-hybridized carbons (Fsp3) is 0.143. The fourth-order valence-electron chi connectivity index (χ4n) is 2.96. The molecule has 0 radical (unpaired) electrons. The number of aromatic nitrogens is 2. The van der Waals surface area contributed by atoms with Gasteiger partial charge >= 0.3 is 0 Å². The van der Waals surface area contributed by atoms with Crippen LogP contribution in [-0.4, -0.2) is 32.8 Å². The number of hydrogen-bond donors (Lipinski definition) is 1. The van der Waals surface area contributed by atoms with Crippen molar-refractivity contribution in [3.63, 3.8) is 0 Å². The van der Waals surface area contributed by atoms with Crippen molar-refractivity contribution in [1.82, 2.24) is 10.1 Å². The van der Waals surface area contributed by atoms with Gasteiger partial charge in [0, 0.05) is 6.07 Å². The van der Waals surface area contributed by atoms with E-state index in [0.29, 0.717) is 28.7 Å². The van der Waals surface area contributed by atoms with E-state index in [4.69, 9.17) is 14.0 Å². The Morgan fingerprint density at radius 1 is 1.06 bits per heavy atom. The number of hydrogen-bond acceptors (Lipinski definition) is 8. The zero-order chi connectivity index (χ0) is 21.8. The van der Waals surface area contributed by atoms with Gasteiger partial charge in [0.25, 0.3) is 10.0 Å². The first kappa shape index (κ1) is 20.9. The summed E-state index contributed by atoms with van der Waals surface area (Å²) in [7, 11) is -1.07. The smallest absolute Gasteiger partial charge is 0.265 e. The van der Waals surface area contributed by atoms with E-state index in [9.17, 15) is 8.42 Å². The second kappa shape index (κ2) is 8.78. The summed E-state index contributed by atoms with van der Waals surface area (Å²) in [5.41, 5.74) is 1.09. The molecule has 2 aromatic carbocycles. The first-order valence-electron chi connectivity index (χ1n) is 9.19. The lowest BCUT2D eigenvalue weighted by atomic mass is 10.1. The number of thiophene rings is 1. The van der Waals surface area contributed by atoms with Gasteiger partial charge in [0.2, 0.25) is 11.7 Å². The first-order valence-corrected chi connectivity index (χ1v) is 11.6. The van der Waals surface area contributed by atoms with Crippen LogP contribution in [0.3, 0.4) is 0 Å². The molecule has 0 atom stereocenters. The van der Waals surface area contributed by atoms with Gasteiger partial charge < -0.3 is 14.0 Å². The standard InChI is InChI=1S/C21H19N3O5S2/c1-27-15-9-10-17(28-2)19(13-15)31(25,26)24-16-7-4-3-6-14(16)12-20-22-21(23-29-20)18-8-5-11-30-18/h3-11,13,24H,12H2,1-2H3. The van der Waals surface area contributed by atoms with Gasteiger partial charge in [-0.15, -0.1) is 11.3 Å². The van der Waals surface area contributed by atoms with Crippen molar-refractivity contribution in [2.75, 3.05) is 18.9 Å². The largest absolute Gasteiger partial charge is 0.497 e. The van der Waals surface area contributed by atoms with Crippen LogP contribution in [0.1, 0.15) is 11.5 Å². The number of para-hydroxylation sites is 1. The van der Waals surface area contributed by atoms with Crippen LogP contribution in [-0.2, 0) is 16.4 Å². The second-order valence-corrected chi connectivity index (χ2v) is 9.04. The van der Waals surface area contributed by atoms with E-state index in [-0.39, 0.29) is 17.1 Å². The van der Waals surface area contributed by atoms with Crippen molar-refractivity contribution in [2.24, 2.45) is 0 Å². The number of sulfonamides is 1. The molecular weight excluding hydrogens is 438 g/mol. The summed E-state index contributed by atoms with van der Waals surface area (Å²) in [6.45, 7) is 0. The second-order valence-electron chi connectivity index (χ2n) is 6.45. The normalized spacial score (nSPS) is 11.3. The van der Waals surface area contributed by atoms with Crippen molar-refractivity contribution < 1.29 is 22.4 Å². The molecule has 4 rings (SSSR count). The topological polar surface area (TPSA) is 104 Å². The Balaban J connectivity index is 1.62. The van der Waals surface area contributed by atoms with E-state index in [1.807, 2.05) is 23.6 Å². The molecule has 0 aliphatic carbocycles. The minimum Gasteiger partial charge on any atom is -0.497 e. The lowest BCUT2D eigenvalue weighted by molar-refractivity contribution is 0.386. The lowest BCUT2D eigenvalue weighted by Crippen LogP contribution is -2.15. The highest BCUT2D eigenvalue weighted by molar-refractivity contribution is 7.92. The van der Waals surface area contributed by atoms with E-state index < -0.39 is 10.0 Å². The van der Waals surface area contributed by atoms with E-state index in [1.54, 1.807) is 30.3 Å². The molecule has 0 unspecified atom stereocenters. The van der Waals surface area contributed by atoms with Gasteiger partial charge in [0.15, 0.2) is 0 Å². The first-order chi connectivity index (χ1) is 15.0. The third kappa shape index (κ3) is 4.54. The lowest BCUT2D eigenvalue weighted by Gasteiger charge is -2.14. The molecule has 0 spiro atoms. The SMILES string of the molecule is COc1ccc(OC)c(S(=O)(=O)Nc2ccccc2Cc2nc(-c3cccs3)no2)c1. The van der Waals surface area contributed by atoms with E-state index in [2.05, 4.69) is 14.9 Å². The molecule has 31 heavy (non-hydrogen) atoms. The molecule has 0 aliphatic heterocycles. The molecule has 1 N–H and O–H groups in total. The number of nitrogens with one attached hydrogen (secondary N) is 1. The number of benzene rings is 2. The molecule has 10 heteroatoms. The number of anilines is 1. The number of ether oxygens (including phenoxy) is 2. The molecular formula is C21H19N3O5S2. The molecule has 0 bridgehead atoms. The van der Waals surface area contributed by atoms with Crippen LogP contribution < -0.4 is 14.2 Å². The minimum atomic E-state index is -3.95. The Bertz CT molecular complexity index is 1280. The highest BCUT2D eigenvalue weighted by atomic mass is 32.2. The summed E-state index contributed by atoms with van der Waals surface area (Å²) in [5.74, 6) is 1.50. The van der Waals surface area contributed by atoms with Gasteiger partial charge in [-0.2, -0.15) is 4.98 Å². The molecule has 0 amide bonds. The molecule has 0 saturated carbocycles. The summed E-state index contributed by atoms with van der Waals surface area (Å²) in [6.07, 6.45) is 0.270. The zero-order valence-corrected chi connectivity index (χ0v) is 18.4. The van der Waals surface area contributed by atoms with Crippen LogP contribution in [0.5, 0.6) is 11.5 Å². The van der Waals surface area contributed by atoms with Crippen LogP contribution >= 0.6 is 11.3 Å². The summed E-state index contributed by atoms with van der Waals surface area (Å²) in [5, 5.41) is 5.94. The summed E-state index contributed by atoms with van der Waals surface area (Å²) in [4.78, 5) is 5.28. The molecule has 8 nitrogen and oxygen atoms in total. The average molecular weight is 458 g/mol. The van der Waals surface area contributed by atoms with Gasteiger partial charge in [-0.1, -0.05) is 29.4 Å². The predicted molar refractivity (Wildman–Crippen MR) is 117 cm³/mol. The average Bonchev–Trinajstić information content (AvgIpc) is 3.46. The van der Waals surface area contributed by atoms with Crippen molar-refractivity contribution in [2.45, 2.75) is 11.3 Å². The Morgan fingerprint density at radius 3 is 2.65 bits per heavy atom. The Morgan fingerprint density at radius 2 is 1.90 bits per heavy atom. The maximum absolute atomic E-state index is 13.1. The summed E-state index contributed by atoms with van der Waals surface area (Å²) in [6, 6.07) is 15.4. The predicted octanol–water partition coefficient (Wildman–Crippen LogP) is 4.21. The Kier molecular flexibility index (Phi) is 5.92. The van der Waals surface area contributed by atoms with E-state index >= 15 is 0 Å². The summed E-state index contributed by atoms with van der Waals surface area (Å²) >= 11 is 1.51. The van der Waals surface area contributed by atoms with Crippen LogP contribution in [0, 0.1) is 0 Å². The highest BCUT2D eigenvalue weighted by Gasteiger charge is 2.22. The molecule has 2 heterocycles. The molecule has 0 saturated heterocycles. The fourth-order valence-corrected chi connectivity index (χ4v) is 4.90. The molecule has 0 aliphatic rings. The van der Waals surface area contributed by atoms with Gasteiger partial charge in [-0.05, 0) is 35.2 Å². The van der Waals surface area contributed by atoms with Crippen LogP contribution in [0.15, 0.2) is 69.4 Å². The maximum atomic E-state index is 13.1. The van der Waals surface area contributed by atoms with Gasteiger partial charge in [0.1, 0.15) is 16.4 Å². The van der Waals surface area contributed by atoms with Crippen LogP contribution in [0.2, 0.25) is 0 Å². The number of rotatable bonds is 8. The van der Waals surface area contributed by atoms with Crippen LogP contribution in [0.25, 0.3) is 10.7 Å². The number of methoxy groups -OCH3 is 2. The number of nitrogens with zero attached hydrogens (tertiary/aromatic N) is 2. The Labute approximate surface area is 183 Å². The maximum Gasteiger partial charge on any atom is 0.265 e. The van der Waals surface area contributed by atoms with Gasteiger partial charge in [-0.25, -0.2) is 8.42 Å². The quantitative estimate of drug-likeness (QED) is 0.423. The minimum absolute atomic E-state index is 0.0260. The van der Waals surface area contributed by atoms with Crippen molar-refractivity contribution >= 4 is 27.0 Å². The van der Waals surface area contributed by atoms with Crippen molar-refractivity contribution in [3.05, 3.63) is 71.4 Å². The van der Waals surface area contributed by atoms with Gasteiger partial charge in [-0.3, -0.25) is 4.72 Å². The zero-order valence-electron chi connectivity index (χ0n) is 16.7. The molecule has 2 aromatic heterocycles. The third-order valence-corrected chi connectivity index (χ3v) is 6.73. The molecule has 4 aromatic rings. The highest BCUT2D eigenvalue weighted by Crippen LogP contribution is 2.31. The summed E-state index contributed by atoms with van der Waals surface area (Å²) < 4.78 is 44.6. The van der Waals surface area contributed by atoms with Crippen molar-refractivity contribution in [3.8, 4) is 22.2 Å². The monoisotopic (exact) mass is 457 g/mol.